The van der Waals surface area contributed by atoms with E-state index < -0.39 is 9.84 Å². The number of hydrogen-bond donors (Lipinski definition) is 1. The highest BCUT2D eigenvalue weighted by atomic mass is 79.9. The lowest BCUT2D eigenvalue weighted by Crippen LogP contribution is -2.28. The maximum absolute atomic E-state index is 11.5. The van der Waals surface area contributed by atoms with E-state index in [4.69, 9.17) is 4.42 Å². The van der Waals surface area contributed by atoms with Gasteiger partial charge in [-0.25, -0.2) is 8.42 Å². The van der Waals surface area contributed by atoms with Gasteiger partial charge in [-0.2, -0.15) is 0 Å². The fourth-order valence-corrected chi connectivity index (χ4v) is 4.46. The van der Waals surface area contributed by atoms with Gasteiger partial charge in [0.05, 0.1) is 17.5 Å². The zero-order chi connectivity index (χ0) is 12.5. The minimum absolute atomic E-state index is 0.0106. The van der Waals surface area contributed by atoms with Crippen molar-refractivity contribution in [1.82, 2.24) is 5.32 Å². The number of halogens is 1. The summed E-state index contributed by atoms with van der Waals surface area (Å²) < 4.78 is 29.3. The Bertz CT molecular complexity index is 483. The van der Waals surface area contributed by atoms with Crippen LogP contribution in [0.1, 0.15) is 25.1 Å². The molecule has 0 aromatic carbocycles. The lowest BCUT2D eigenvalue weighted by atomic mass is 9.97. The molecule has 4 nitrogen and oxygen atoms in total. The van der Waals surface area contributed by atoms with E-state index in [1.165, 1.54) is 0 Å². The fraction of sp³-hybridized carbons (Fsp3) is 0.636. The first-order chi connectivity index (χ1) is 8.02. The Balaban J connectivity index is 2.18. The molecule has 1 aromatic heterocycles. The van der Waals surface area contributed by atoms with Crippen molar-refractivity contribution in [2.24, 2.45) is 5.92 Å². The van der Waals surface area contributed by atoms with Crippen molar-refractivity contribution in [3.05, 3.63) is 22.6 Å². The number of furan rings is 1. The molecule has 2 heterocycles. The van der Waals surface area contributed by atoms with Crippen LogP contribution in [0.2, 0.25) is 0 Å². The van der Waals surface area contributed by atoms with Crippen LogP contribution in [0.25, 0.3) is 0 Å². The van der Waals surface area contributed by atoms with Crippen molar-refractivity contribution < 1.29 is 12.8 Å². The van der Waals surface area contributed by atoms with Crippen molar-refractivity contribution in [2.45, 2.75) is 19.4 Å². The van der Waals surface area contributed by atoms with E-state index in [1.807, 2.05) is 19.1 Å². The lowest BCUT2D eigenvalue weighted by Gasteiger charge is -2.21. The van der Waals surface area contributed by atoms with Gasteiger partial charge in [-0.1, -0.05) is 6.92 Å². The summed E-state index contributed by atoms with van der Waals surface area (Å²) in [6, 6.07) is 3.72. The topological polar surface area (TPSA) is 59.3 Å². The normalized spacial score (nSPS) is 24.9. The van der Waals surface area contributed by atoms with Gasteiger partial charge in [0.1, 0.15) is 5.76 Å². The molecule has 1 aliphatic heterocycles. The third-order valence-corrected chi connectivity index (χ3v) is 5.28. The molecular weight excluding hydrogens is 306 g/mol. The molecule has 1 aliphatic rings. The minimum Gasteiger partial charge on any atom is -0.453 e. The van der Waals surface area contributed by atoms with E-state index >= 15 is 0 Å². The van der Waals surface area contributed by atoms with Crippen molar-refractivity contribution in [3.63, 3.8) is 0 Å². The molecule has 2 unspecified atom stereocenters. The number of rotatable bonds is 4. The van der Waals surface area contributed by atoms with Gasteiger partial charge in [0.2, 0.25) is 0 Å². The van der Waals surface area contributed by atoms with Crippen LogP contribution in [0.4, 0.5) is 0 Å². The SMILES string of the molecule is CCNC(c1ccc(Br)o1)C1CCS(=O)(=O)C1. The molecule has 6 heteroatoms. The van der Waals surface area contributed by atoms with Crippen molar-refractivity contribution >= 4 is 25.8 Å². The zero-order valence-electron chi connectivity index (χ0n) is 9.65. The van der Waals surface area contributed by atoms with Gasteiger partial charge >= 0.3 is 0 Å². The van der Waals surface area contributed by atoms with E-state index in [9.17, 15) is 8.42 Å². The number of nitrogens with one attached hydrogen (secondary N) is 1. The third-order valence-electron chi connectivity index (χ3n) is 3.06. The molecular formula is C11H16BrNO3S. The predicted octanol–water partition coefficient (Wildman–Crippen LogP) is 2.13. The molecule has 96 valence electrons. The summed E-state index contributed by atoms with van der Waals surface area (Å²) in [6.45, 7) is 2.80. The van der Waals surface area contributed by atoms with E-state index in [0.717, 1.165) is 12.3 Å². The van der Waals surface area contributed by atoms with Gasteiger partial charge in [0, 0.05) is 0 Å². The summed E-state index contributed by atoms with van der Waals surface area (Å²) >= 11 is 3.27. The summed E-state index contributed by atoms with van der Waals surface area (Å²) in [7, 11) is -2.85. The maximum atomic E-state index is 11.5. The van der Waals surface area contributed by atoms with Gasteiger partial charge < -0.3 is 9.73 Å². The first-order valence-electron chi connectivity index (χ1n) is 5.71. The van der Waals surface area contributed by atoms with Gasteiger partial charge in [-0.05, 0) is 46.9 Å². The van der Waals surface area contributed by atoms with Crippen LogP contribution in [-0.2, 0) is 9.84 Å². The van der Waals surface area contributed by atoms with Gasteiger partial charge in [0.25, 0.3) is 0 Å². The summed E-state index contributed by atoms with van der Waals surface area (Å²) in [5, 5.41) is 3.31. The Morgan fingerprint density at radius 2 is 2.35 bits per heavy atom. The Morgan fingerprint density at radius 3 is 2.82 bits per heavy atom. The van der Waals surface area contributed by atoms with Crippen LogP contribution in [0.3, 0.4) is 0 Å². The monoisotopic (exact) mass is 321 g/mol. The average molecular weight is 322 g/mol. The first-order valence-corrected chi connectivity index (χ1v) is 8.32. The second-order valence-electron chi connectivity index (χ2n) is 4.34. The summed E-state index contributed by atoms with van der Waals surface area (Å²) in [6.07, 6.45) is 0.707. The molecule has 17 heavy (non-hydrogen) atoms. The Kier molecular flexibility index (Phi) is 3.95. The highest BCUT2D eigenvalue weighted by molar-refractivity contribution is 9.10. The zero-order valence-corrected chi connectivity index (χ0v) is 12.1. The summed E-state index contributed by atoms with van der Waals surface area (Å²) in [4.78, 5) is 0. The molecule has 0 radical (unpaired) electrons. The molecule has 2 atom stereocenters. The quantitative estimate of drug-likeness (QED) is 0.922. The highest BCUT2D eigenvalue weighted by Crippen LogP contribution is 2.33. The van der Waals surface area contributed by atoms with E-state index in [0.29, 0.717) is 16.8 Å². The summed E-state index contributed by atoms with van der Waals surface area (Å²) in [5.41, 5.74) is 0. The van der Waals surface area contributed by atoms with Gasteiger partial charge in [-0.15, -0.1) is 0 Å². The van der Waals surface area contributed by atoms with Crippen LogP contribution >= 0.6 is 15.9 Å². The standard InChI is InChI=1S/C11H16BrNO3S/c1-2-13-11(9-3-4-10(12)16-9)8-5-6-17(14,15)7-8/h3-4,8,11,13H,2,5-7H2,1H3. The third kappa shape index (κ3) is 3.11. The van der Waals surface area contributed by atoms with E-state index in [2.05, 4.69) is 21.2 Å². The summed E-state index contributed by atoms with van der Waals surface area (Å²) in [5.74, 6) is 1.46. The second-order valence-corrected chi connectivity index (χ2v) is 7.35. The number of hydrogen-bond acceptors (Lipinski definition) is 4. The average Bonchev–Trinajstić information content (AvgIpc) is 2.81. The van der Waals surface area contributed by atoms with Crippen LogP contribution in [-0.4, -0.2) is 26.5 Å². The Labute approximate surface area is 110 Å². The van der Waals surface area contributed by atoms with E-state index in [1.54, 1.807) is 0 Å². The fourth-order valence-electron chi connectivity index (χ4n) is 2.30. The Hall–Kier alpha value is -0.330. The highest BCUT2D eigenvalue weighted by Gasteiger charge is 2.35. The smallest absolute Gasteiger partial charge is 0.169 e. The molecule has 0 bridgehead atoms. The predicted molar refractivity (Wildman–Crippen MR) is 69.6 cm³/mol. The molecule has 1 aromatic rings. The van der Waals surface area contributed by atoms with Crippen molar-refractivity contribution in [1.29, 1.82) is 0 Å². The molecule has 0 saturated carbocycles. The van der Waals surface area contributed by atoms with Crippen LogP contribution in [0.15, 0.2) is 21.2 Å². The van der Waals surface area contributed by atoms with Crippen molar-refractivity contribution in [3.8, 4) is 0 Å². The van der Waals surface area contributed by atoms with Gasteiger partial charge in [-0.3, -0.25) is 0 Å². The molecule has 0 aliphatic carbocycles. The molecule has 2 rings (SSSR count). The van der Waals surface area contributed by atoms with Gasteiger partial charge in [0.15, 0.2) is 14.5 Å². The second kappa shape index (κ2) is 5.12. The van der Waals surface area contributed by atoms with E-state index in [-0.39, 0.29) is 17.7 Å². The molecule has 0 spiro atoms. The van der Waals surface area contributed by atoms with Crippen molar-refractivity contribution in [2.75, 3.05) is 18.1 Å². The molecule has 1 saturated heterocycles. The molecule has 1 fully saturated rings. The largest absolute Gasteiger partial charge is 0.453 e. The van der Waals surface area contributed by atoms with Crippen LogP contribution in [0, 0.1) is 5.92 Å². The first kappa shape index (κ1) is 13.1. The Morgan fingerprint density at radius 1 is 1.59 bits per heavy atom. The lowest BCUT2D eigenvalue weighted by molar-refractivity contribution is 0.329. The molecule has 1 N–H and O–H groups in total. The van der Waals surface area contributed by atoms with Crippen LogP contribution < -0.4 is 5.32 Å². The van der Waals surface area contributed by atoms with Crippen LogP contribution in [0.5, 0.6) is 0 Å². The number of sulfone groups is 1. The molecule has 0 amide bonds. The maximum Gasteiger partial charge on any atom is 0.169 e. The minimum atomic E-state index is -2.85.